The fraction of sp³-hybridized carbons (Fsp3) is 0.500. The maximum Gasteiger partial charge on any atom is 0.314 e. The van der Waals surface area contributed by atoms with Gasteiger partial charge in [-0.1, -0.05) is 19.4 Å². The number of amides is 2. The molecule has 0 spiro atoms. The molecule has 0 unspecified atom stereocenters. The normalized spacial score (nSPS) is 10.7. The summed E-state index contributed by atoms with van der Waals surface area (Å²) in [5, 5.41) is 13.9. The summed E-state index contributed by atoms with van der Waals surface area (Å²) in [6.07, 6.45) is 5.69. The first-order valence-corrected chi connectivity index (χ1v) is 7.11. The fourth-order valence-electron chi connectivity index (χ4n) is 1.95. The first-order valence-electron chi connectivity index (χ1n) is 7.11. The van der Waals surface area contributed by atoms with Gasteiger partial charge in [-0.3, -0.25) is 4.40 Å². The van der Waals surface area contributed by atoms with E-state index in [1.54, 1.807) is 0 Å². The highest BCUT2D eigenvalue weighted by Crippen LogP contribution is 2.04. The molecule has 2 rings (SSSR count). The van der Waals surface area contributed by atoms with Crippen molar-refractivity contribution in [2.24, 2.45) is 0 Å². The van der Waals surface area contributed by atoms with Crippen LogP contribution in [0.25, 0.3) is 5.65 Å². The smallest absolute Gasteiger partial charge is 0.314 e. The SMILES string of the molecule is CCCCNC(=O)NCCCc1nnc2ccccn12. The lowest BCUT2D eigenvalue weighted by Gasteiger charge is -2.06. The van der Waals surface area contributed by atoms with Crippen LogP contribution in [0.15, 0.2) is 24.4 Å². The molecule has 0 aliphatic heterocycles. The van der Waals surface area contributed by atoms with E-state index in [0.717, 1.165) is 43.7 Å². The number of hydrogen-bond donors (Lipinski definition) is 2. The number of nitrogens with one attached hydrogen (secondary N) is 2. The van der Waals surface area contributed by atoms with E-state index in [9.17, 15) is 4.79 Å². The number of rotatable bonds is 7. The second-order valence-electron chi connectivity index (χ2n) is 4.68. The molecule has 2 aromatic rings. The molecular weight excluding hydrogens is 254 g/mol. The third-order valence-corrected chi connectivity index (χ3v) is 3.06. The molecule has 20 heavy (non-hydrogen) atoms. The Morgan fingerprint density at radius 2 is 2.00 bits per heavy atom. The molecule has 0 atom stereocenters. The summed E-state index contributed by atoms with van der Waals surface area (Å²) in [6, 6.07) is 5.73. The molecule has 0 bridgehead atoms. The minimum atomic E-state index is -0.0930. The molecular formula is C14H21N5O. The van der Waals surface area contributed by atoms with E-state index in [1.807, 2.05) is 28.8 Å². The number of aromatic nitrogens is 3. The molecule has 0 aromatic carbocycles. The van der Waals surface area contributed by atoms with Crippen LogP contribution in [0.3, 0.4) is 0 Å². The number of pyridine rings is 1. The minimum absolute atomic E-state index is 0.0930. The first kappa shape index (κ1) is 14.3. The van der Waals surface area contributed by atoms with Crippen molar-refractivity contribution in [1.82, 2.24) is 25.2 Å². The lowest BCUT2D eigenvalue weighted by Crippen LogP contribution is -2.36. The molecule has 0 aliphatic rings. The zero-order valence-electron chi connectivity index (χ0n) is 11.8. The van der Waals surface area contributed by atoms with Crippen molar-refractivity contribution in [3.63, 3.8) is 0 Å². The van der Waals surface area contributed by atoms with Crippen LogP contribution in [0.4, 0.5) is 4.79 Å². The lowest BCUT2D eigenvalue weighted by molar-refractivity contribution is 0.240. The molecule has 2 N–H and O–H groups in total. The Balaban J connectivity index is 1.70. The number of nitrogens with zero attached hydrogens (tertiary/aromatic N) is 3. The summed E-state index contributed by atoms with van der Waals surface area (Å²) in [4.78, 5) is 11.4. The number of carbonyl (C=O) groups is 1. The zero-order chi connectivity index (χ0) is 14.2. The zero-order valence-corrected chi connectivity index (χ0v) is 11.8. The maximum absolute atomic E-state index is 11.4. The molecule has 0 saturated heterocycles. The van der Waals surface area contributed by atoms with Crippen LogP contribution in [0.5, 0.6) is 0 Å². The number of aryl methyl sites for hydroxylation is 1. The van der Waals surface area contributed by atoms with Crippen LogP contribution in [0, 0.1) is 0 Å². The number of hydrogen-bond acceptors (Lipinski definition) is 3. The first-order chi connectivity index (χ1) is 9.81. The highest BCUT2D eigenvalue weighted by molar-refractivity contribution is 5.73. The highest BCUT2D eigenvalue weighted by Gasteiger charge is 2.04. The van der Waals surface area contributed by atoms with Gasteiger partial charge >= 0.3 is 6.03 Å². The third-order valence-electron chi connectivity index (χ3n) is 3.06. The van der Waals surface area contributed by atoms with E-state index >= 15 is 0 Å². The van der Waals surface area contributed by atoms with Crippen LogP contribution >= 0.6 is 0 Å². The molecule has 2 heterocycles. The molecule has 0 saturated carbocycles. The van der Waals surface area contributed by atoms with Gasteiger partial charge in [-0.05, 0) is 25.0 Å². The highest BCUT2D eigenvalue weighted by atomic mass is 16.2. The predicted octanol–water partition coefficient (Wildman–Crippen LogP) is 1.76. The second kappa shape index (κ2) is 7.47. The van der Waals surface area contributed by atoms with E-state index in [-0.39, 0.29) is 6.03 Å². The van der Waals surface area contributed by atoms with Gasteiger partial charge in [0.05, 0.1) is 0 Å². The van der Waals surface area contributed by atoms with E-state index < -0.39 is 0 Å². The maximum atomic E-state index is 11.4. The van der Waals surface area contributed by atoms with Crippen molar-refractivity contribution in [2.45, 2.75) is 32.6 Å². The summed E-state index contributed by atoms with van der Waals surface area (Å²) in [5.41, 5.74) is 0.854. The van der Waals surface area contributed by atoms with Gasteiger partial charge in [0.15, 0.2) is 5.65 Å². The summed E-state index contributed by atoms with van der Waals surface area (Å²) in [5.74, 6) is 0.925. The van der Waals surface area contributed by atoms with Crippen LogP contribution in [0.1, 0.15) is 32.0 Å². The number of urea groups is 1. The van der Waals surface area contributed by atoms with Crippen LogP contribution in [0.2, 0.25) is 0 Å². The van der Waals surface area contributed by atoms with E-state index in [0.29, 0.717) is 6.54 Å². The summed E-state index contributed by atoms with van der Waals surface area (Å²) in [7, 11) is 0. The van der Waals surface area contributed by atoms with E-state index in [4.69, 9.17) is 0 Å². The minimum Gasteiger partial charge on any atom is -0.338 e. The van der Waals surface area contributed by atoms with Crippen LogP contribution in [-0.4, -0.2) is 33.7 Å². The van der Waals surface area contributed by atoms with Crippen molar-refractivity contribution in [3.05, 3.63) is 30.2 Å². The topological polar surface area (TPSA) is 71.3 Å². The molecule has 0 aliphatic carbocycles. The van der Waals surface area contributed by atoms with Gasteiger partial charge in [0.25, 0.3) is 0 Å². The monoisotopic (exact) mass is 275 g/mol. The molecule has 108 valence electrons. The van der Waals surface area contributed by atoms with Gasteiger partial charge in [-0.15, -0.1) is 10.2 Å². The Morgan fingerprint density at radius 1 is 1.20 bits per heavy atom. The van der Waals surface area contributed by atoms with Gasteiger partial charge in [0, 0.05) is 25.7 Å². The van der Waals surface area contributed by atoms with Crippen molar-refractivity contribution in [3.8, 4) is 0 Å². The average molecular weight is 275 g/mol. The molecule has 6 heteroatoms. The van der Waals surface area contributed by atoms with Gasteiger partial charge in [0.2, 0.25) is 0 Å². The van der Waals surface area contributed by atoms with Gasteiger partial charge in [-0.2, -0.15) is 0 Å². The molecule has 2 amide bonds. The molecule has 0 radical (unpaired) electrons. The van der Waals surface area contributed by atoms with Crippen molar-refractivity contribution >= 4 is 11.7 Å². The molecule has 2 aromatic heterocycles. The quantitative estimate of drug-likeness (QED) is 0.756. The van der Waals surface area contributed by atoms with Gasteiger partial charge in [0.1, 0.15) is 5.82 Å². The Bertz CT molecular complexity index is 551. The molecule has 6 nitrogen and oxygen atoms in total. The number of carbonyl (C=O) groups excluding carboxylic acids is 1. The van der Waals surface area contributed by atoms with E-state index in [2.05, 4.69) is 27.8 Å². The van der Waals surface area contributed by atoms with E-state index in [1.165, 1.54) is 0 Å². The standard InChI is InChI=1S/C14H21N5O/c1-2-3-9-15-14(20)16-10-6-8-13-18-17-12-7-4-5-11-19(12)13/h4-5,7,11H,2-3,6,8-10H2,1H3,(H2,15,16,20). The molecule has 0 fully saturated rings. The van der Waals surface area contributed by atoms with Crippen LogP contribution in [-0.2, 0) is 6.42 Å². The van der Waals surface area contributed by atoms with Crippen molar-refractivity contribution in [2.75, 3.05) is 13.1 Å². The average Bonchev–Trinajstić information content (AvgIpc) is 2.87. The number of fused-ring (bicyclic) bond motifs is 1. The third kappa shape index (κ3) is 3.94. The Morgan fingerprint density at radius 3 is 2.80 bits per heavy atom. The Hall–Kier alpha value is -2.11. The fourth-order valence-corrected chi connectivity index (χ4v) is 1.95. The van der Waals surface area contributed by atoms with Gasteiger partial charge in [-0.25, -0.2) is 4.79 Å². The second-order valence-corrected chi connectivity index (χ2v) is 4.68. The number of unbranched alkanes of at least 4 members (excludes halogenated alkanes) is 1. The summed E-state index contributed by atoms with van der Waals surface area (Å²) >= 11 is 0. The van der Waals surface area contributed by atoms with Crippen molar-refractivity contribution in [1.29, 1.82) is 0 Å². The summed E-state index contributed by atoms with van der Waals surface area (Å²) < 4.78 is 1.97. The Labute approximate surface area is 118 Å². The van der Waals surface area contributed by atoms with Crippen molar-refractivity contribution < 1.29 is 4.79 Å². The predicted molar refractivity (Wildman–Crippen MR) is 77.6 cm³/mol. The summed E-state index contributed by atoms with van der Waals surface area (Å²) in [6.45, 7) is 3.47. The largest absolute Gasteiger partial charge is 0.338 e. The van der Waals surface area contributed by atoms with Gasteiger partial charge < -0.3 is 10.6 Å². The Kier molecular flexibility index (Phi) is 5.34. The lowest BCUT2D eigenvalue weighted by atomic mass is 10.3. The van der Waals surface area contributed by atoms with Crippen LogP contribution < -0.4 is 10.6 Å².